The van der Waals surface area contributed by atoms with Crippen molar-refractivity contribution in [3.8, 4) is 0 Å². The summed E-state index contributed by atoms with van der Waals surface area (Å²) in [6, 6.07) is 0. The van der Waals surface area contributed by atoms with E-state index in [0.717, 1.165) is 37.0 Å². The maximum Gasteiger partial charge on any atom is 0.277 e. The molecule has 1 unspecified atom stereocenters. The summed E-state index contributed by atoms with van der Waals surface area (Å²) >= 11 is 3.44. The average molecular weight is 288 g/mol. The van der Waals surface area contributed by atoms with Crippen LogP contribution in [-0.2, 0) is 0 Å². The number of rotatable bonds is 2. The molecule has 0 spiro atoms. The summed E-state index contributed by atoms with van der Waals surface area (Å²) in [6.07, 6.45) is 7.21. The lowest BCUT2D eigenvalue weighted by Crippen LogP contribution is -2.57. The van der Waals surface area contributed by atoms with Crippen molar-refractivity contribution in [2.24, 2.45) is 23.2 Å². The highest BCUT2D eigenvalue weighted by molar-refractivity contribution is 9.10. The molecule has 1 atom stereocenters. The molecule has 90 valence electrons. The van der Waals surface area contributed by atoms with E-state index in [0.29, 0.717) is 0 Å². The lowest BCUT2D eigenvalue weighted by molar-refractivity contribution is -0.557. The molecule has 0 aromatic carbocycles. The van der Waals surface area contributed by atoms with E-state index in [4.69, 9.17) is 0 Å². The van der Waals surface area contributed by atoms with Crippen LogP contribution in [0, 0.1) is 33.3 Å². The predicted molar refractivity (Wildman–Crippen MR) is 64.9 cm³/mol. The van der Waals surface area contributed by atoms with Crippen molar-refractivity contribution in [3.05, 3.63) is 10.1 Å². The van der Waals surface area contributed by atoms with E-state index < -0.39 is 4.45 Å². The van der Waals surface area contributed by atoms with E-state index >= 15 is 0 Å². The van der Waals surface area contributed by atoms with Gasteiger partial charge in [0.15, 0.2) is 0 Å². The summed E-state index contributed by atoms with van der Waals surface area (Å²) in [5.74, 6) is 2.30. The molecule has 0 aromatic rings. The van der Waals surface area contributed by atoms with Crippen LogP contribution in [0.1, 0.15) is 45.4 Å². The monoisotopic (exact) mass is 287 g/mol. The standard InChI is InChI=1S/C12H18BrNO2/c1-11(13,14(15)16)12-5-8-2-9(6-12)4-10(3-8)7-12/h8-10H,2-7H2,1H3. The van der Waals surface area contributed by atoms with Gasteiger partial charge in [0.05, 0.1) is 5.41 Å². The molecule has 16 heavy (non-hydrogen) atoms. The fourth-order valence-corrected chi connectivity index (χ4v) is 5.35. The lowest BCUT2D eigenvalue weighted by Gasteiger charge is -2.58. The Bertz CT molecular complexity index is 305. The topological polar surface area (TPSA) is 43.1 Å². The molecule has 0 N–H and O–H groups in total. The quantitative estimate of drug-likeness (QED) is 0.337. The van der Waals surface area contributed by atoms with Crippen LogP contribution < -0.4 is 0 Å². The molecule has 4 rings (SSSR count). The molecule has 4 aliphatic carbocycles. The number of nitrogens with zero attached hydrogens (tertiary/aromatic N) is 1. The third kappa shape index (κ3) is 1.31. The number of hydrogen-bond donors (Lipinski definition) is 0. The fourth-order valence-electron chi connectivity index (χ4n) is 4.86. The lowest BCUT2D eigenvalue weighted by atomic mass is 9.48. The molecule has 3 nitrogen and oxygen atoms in total. The van der Waals surface area contributed by atoms with Crippen molar-refractivity contribution in [1.29, 1.82) is 0 Å². The highest BCUT2D eigenvalue weighted by Gasteiger charge is 2.63. The Morgan fingerprint density at radius 2 is 1.56 bits per heavy atom. The zero-order valence-electron chi connectivity index (χ0n) is 9.62. The molecular formula is C12H18BrNO2. The van der Waals surface area contributed by atoms with Crippen molar-refractivity contribution >= 4 is 15.9 Å². The minimum Gasteiger partial charge on any atom is -0.263 e. The van der Waals surface area contributed by atoms with Gasteiger partial charge in [-0.05, 0) is 56.3 Å². The van der Waals surface area contributed by atoms with Crippen LogP contribution in [0.25, 0.3) is 0 Å². The second-order valence-corrected chi connectivity index (χ2v) is 7.95. The summed E-state index contributed by atoms with van der Waals surface area (Å²) < 4.78 is -0.907. The van der Waals surface area contributed by atoms with E-state index in [1.807, 2.05) is 0 Å². The van der Waals surface area contributed by atoms with Gasteiger partial charge in [0.25, 0.3) is 4.45 Å². The minimum atomic E-state index is -0.907. The Kier molecular flexibility index (Phi) is 2.21. The van der Waals surface area contributed by atoms with E-state index in [9.17, 15) is 10.1 Å². The van der Waals surface area contributed by atoms with Crippen molar-refractivity contribution in [3.63, 3.8) is 0 Å². The molecule has 0 amide bonds. The zero-order chi connectivity index (χ0) is 11.6. The Hall–Kier alpha value is -0.120. The number of nitro groups is 1. The van der Waals surface area contributed by atoms with Crippen molar-refractivity contribution in [2.45, 2.75) is 49.9 Å². The second-order valence-electron chi connectivity index (χ2n) is 6.41. The van der Waals surface area contributed by atoms with Crippen LogP contribution in [0.15, 0.2) is 0 Å². The third-order valence-electron chi connectivity index (χ3n) is 5.35. The molecular weight excluding hydrogens is 270 g/mol. The maximum absolute atomic E-state index is 11.3. The van der Waals surface area contributed by atoms with Crippen molar-refractivity contribution in [1.82, 2.24) is 0 Å². The molecule has 4 saturated carbocycles. The first-order valence-electron chi connectivity index (χ1n) is 6.26. The smallest absolute Gasteiger partial charge is 0.263 e. The Balaban J connectivity index is 1.97. The molecule has 4 bridgehead atoms. The summed E-state index contributed by atoms with van der Waals surface area (Å²) in [6.45, 7) is 1.78. The van der Waals surface area contributed by atoms with Gasteiger partial charge in [-0.15, -0.1) is 0 Å². The number of hydrogen-bond acceptors (Lipinski definition) is 2. The molecule has 0 aliphatic heterocycles. The molecule has 4 heteroatoms. The van der Waals surface area contributed by atoms with E-state index in [1.54, 1.807) is 6.92 Å². The SMILES string of the molecule is CC(Br)([N+](=O)[O-])C12CC3CC(CC(C3)C1)C2. The zero-order valence-corrected chi connectivity index (χ0v) is 11.2. The van der Waals surface area contributed by atoms with Crippen LogP contribution in [0.4, 0.5) is 0 Å². The first-order chi connectivity index (χ1) is 7.43. The van der Waals surface area contributed by atoms with Gasteiger partial charge in [0, 0.05) is 27.8 Å². The summed E-state index contributed by atoms with van der Waals surface area (Å²) in [5, 5.41) is 11.3. The largest absolute Gasteiger partial charge is 0.277 e. The molecule has 0 heterocycles. The summed E-state index contributed by atoms with van der Waals surface area (Å²) in [5.41, 5.74) is -0.0642. The van der Waals surface area contributed by atoms with Gasteiger partial charge in [-0.25, -0.2) is 0 Å². The second kappa shape index (κ2) is 3.21. The highest BCUT2D eigenvalue weighted by atomic mass is 79.9. The molecule has 0 radical (unpaired) electrons. The maximum atomic E-state index is 11.3. The number of alkyl halides is 1. The summed E-state index contributed by atoms with van der Waals surface area (Å²) in [4.78, 5) is 11.2. The third-order valence-corrected chi connectivity index (χ3v) is 6.48. The molecule has 0 saturated heterocycles. The van der Waals surface area contributed by atoms with E-state index in [-0.39, 0.29) is 10.3 Å². The van der Waals surface area contributed by atoms with Crippen LogP contribution in [0.2, 0.25) is 0 Å². The number of halogens is 1. The minimum absolute atomic E-state index is 0.0642. The normalized spacial score (nSPS) is 49.0. The summed E-state index contributed by atoms with van der Waals surface area (Å²) in [7, 11) is 0. The Labute approximate surface area is 104 Å². The van der Waals surface area contributed by atoms with Crippen molar-refractivity contribution < 1.29 is 4.92 Å². The molecule has 0 aromatic heterocycles. The fraction of sp³-hybridized carbons (Fsp3) is 1.00. The van der Waals surface area contributed by atoms with Crippen LogP contribution >= 0.6 is 15.9 Å². The first-order valence-corrected chi connectivity index (χ1v) is 7.06. The van der Waals surface area contributed by atoms with Gasteiger partial charge in [-0.2, -0.15) is 0 Å². The van der Waals surface area contributed by atoms with Crippen LogP contribution in [0.3, 0.4) is 0 Å². The van der Waals surface area contributed by atoms with E-state index in [2.05, 4.69) is 15.9 Å². The van der Waals surface area contributed by atoms with Gasteiger partial charge >= 0.3 is 0 Å². The average Bonchev–Trinajstić information content (AvgIpc) is 2.14. The Morgan fingerprint density at radius 1 is 1.19 bits per heavy atom. The van der Waals surface area contributed by atoms with Crippen LogP contribution in [0.5, 0.6) is 0 Å². The van der Waals surface area contributed by atoms with Gasteiger partial charge in [0.1, 0.15) is 0 Å². The van der Waals surface area contributed by atoms with Gasteiger partial charge in [-0.1, -0.05) is 0 Å². The van der Waals surface area contributed by atoms with E-state index in [1.165, 1.54) is 19.3 Å². The predicted octanol–water partition coefficient (Wildman–Crippen LogP) is 3.59. The van der Waals surface area contributed by atoms with Gasteiger partial charge in [-0.3, -0.25) is 10.1 Å². The first kappa shape index (κ1) is 11.0. The van der Waals surface area contributed by atoms with Crippen molar-refractivity contribution in [2.75, 3.05) is 0 Å². The van der Waals surface area contributed by atoms with Gasteiger partial charge in [0.2, 0.25) is 0 Å². The van der Waals surface area contributed by atoms with Crippen LogP contribution in [-0.4, -0.2) is 9.37 Å². The Morgan fingerprint density at radius 3 is 1.88 bits per heavy atom. The van der Waals surface area contributed by atoms with Gasteiger partial charge < -0.3 is 0 Å². The highest BCUT2D eigenvalue weighted by Crippen LogP contribution is 2.65. The molecule has 4 fully saturated rings. The molecule has 4 aliphatic rings.